The Labute approximate surface area is 393 Å². The predicted octanol–water partition coefficient (Wildman–Crippen LogP) is 18.8. The van der Waals surface area contributed by atoms with Gasteiger partial charge >= 0.3 is 17.9 Å². The van der Waals surface area contributed by atoms with Gasteiger partial charge in [0.15, 0.2) is 6.10 Å². The molecule has 0 spiro atoms. The molecule has 6 heteroatoms. The first kappa shape index (κ1) is 61.4. The number of hydrogen-bond acceptors (Lipinski definition) is 6. The molecule has 0 unspecified atom stereocenters. The second kappa shape index (κ2) is 53.0. The lowest BCUT2D eigenvalue weighted by molar-refractivity contribution is -0.167. The molecule has 374 valence electrons. The summed E-state index contributed by atoms with van der Waals surface area (Å²) < 4.78 is 16.9. The summed E-state index contributed by atoms with van der Waals surface area (Å²) in [6.45, 7) is 6.70. The largest absolute Gasteiger partial charge is 0.462 e. The van der Waals surface area contributed by atoms with E-state index in [2.05, 4.69) is 20.8 Å². The first-order valence-electron chi connectivity index (χ1n) is 28.5. The second-order valence-electron chi connectivity index (χ2n) is 19.6. The van der Waals surface area contributed by atoms with Crippen molar-refractivity contribution in [1.82, 2.24) is 0 Å². The number of unbranched alkanes of at least 4 members (excludes halogenated alkanes) is 42. The zero-order valence-electron chi connectivity index (χ0n) is 42.9. The highest BCUT2D eigenvalue weighted by Crippen LogP contribution is 2.18. The van der Waals surface area contributed by atoms with Crippen molar-refractivity contribution < 1.29 is 28.6 Å². The SMILES string of the molecule is CCCCCCCCCCCCCCCCCCCCC(=O)OC[C@H](COC(=O)CCCCCCCCCCCCC)OC(=O)CCCCCCCCCCCCCCCCCC. The van der Waals surface area contributed by atoms with Gasteiger partial charge in [0.05, 0.1) is 0 Å². The standard InChI is InChI=1S/C57H110O6/c1-4-7-10-13-16-19-22-24-26-28-29-31-32-35-38-41-44-47-50-56(59)62-53-54(52-61-55(58)49-46-43-40-37-34-21-18-15-12-9-6-3)63-57(60)51-48-45-42-39-36-33-30-27-25-23-20-17-14-11-8-5-2/h54H,4-53H2,1-3H3/t54-/m0/s1. The van der Waals surface area contributed by atoms with E-state index in [1.54, 1.807) is 0 Å². The summed E-state index contributed by atoms with van der Waals surface area (Å²) in [5, 5.41) is 0. The van der Waals surface area contributed by atoms with Crippen LogP contribution in [0.2, 0.25) is 0 Å². The van der Waals surface area contributed by atoms with E-state index in [1.807, 2.05) is 0 Å². The van der Waals surface area contributed by atoms with Crippen molar-refractivity contribution in [3.8, 4) is 0 Å². The van der Waals surface area contributed by atoms with Crippen molar-refractivity contribution in [1.29, 1.82) is 0 Å². The Bertz CT molecular complexity index is 936. The molecule has 0 saturated heterocycles. The number of ether oxygens (including phenoxy) is 3. The molecule has 0 aliphatic rings. The van der Waals surface area contributed by atoms with E-state index in [4.69, 9.17) is 14.2 Å². The fraction of sp³-hybridized carbons (Fsp3) is 0.947. The topological polar surface area (TPSA) is 78.9 Å². The summed E-state index contributed by atoms with van der Waals surface area (Å²) >= 11 is 0. The van der Waals surface area contributed by atoms with Crippen LogP contribution in [0.4, 0.5) is 0 Å². The molecule has 0 saturated carbocycles. The van der Waals surface area contributed by atoms with Crippen LogP contribution in [0.3, 0.4) is 0 Å². The normalized spacial score (nSPS) is 11.9. The summed E-state index contributed by atoms with van der Waals surface area (Å²) in [5.41, 5.74) is 0. The van der Waals surface area contributed by atoms with Gasteiger partial charge < -0.3 is 14.2 Å². The maximum absolute atomic E-state index is 12.8. The molecule has 0 aliphatic carbocycles. The lowest BCUT2D eigenvalue weighted by Crippen LogP contribution is -2.30. The van der Waals surface area contributed by atoms with E-state index < -0.39 is 6.10 Å². The van der Waals surface area contributed by atoms with Crippen LogP contribution in [0, 0.1) is 0 Å². The molecule has 0 rings (SSSR count). The van der Waals surface area contributed by atoms with Crippen molar-refractivity contribution in [3.63, 3.8) is 0 Å². The van der Waals surface area contributed by atoms with E-state index in [9.17, 15) is 14.4 Å². The maximum atomic E-state index is 12.8. The Morgan fingerprint density at radius 1 is 0.254 bits per heavy atom. The minimum Gasteiger partial charge on any atom is -0.462 e. The monoisotopic (exact) mass is 891 g/mol. The molecule has 0 bridgehead atoms. The lowest BCUT2D eigenvalue weighted by atomic mass is 10.0. The van der Waals surface area contributed by atoms with Crippen molar-refractivity contribution in [2.45, 2.75) is 335 Å². The molecule has 0 aromatic carbocycles. The third-order valence-corrected chi connectivity index (χ3v) is 13.1. The number of carbonyl (C=O) groups is 3. The fourth-order valence-electron chi connectivity index (χ4n) is 8.80. The van der Waals surface area contributed by atoms with Crippen molar-refractivity contribution >= 4 is 17.9 Å². The summed E-state index contributed by atoms with van der Waals surface area (Å²) in [6, 6.07) is 0. The Morgan fingerprint density at radius 2 is 0.429 bits per heavy atom. The van der Waals surface area contributed by atoms with Crippen LogP contribution < -0.4 is 0 Å². The minimum absolute atomic E-state index is 0.0612. The second-order valence-corrected chi connectivity index (χ2v) is 19.6. The highest BCUT2D eigenvalue weighted by atomic mass is 16.6. The predicted molar refractivity (Wildman–Crippen MR) is 270 cm³/mol. The van der Waals surface area contributed by atoms with E-state index in [-0.39, 0.29) is 31.1 Å². The van der Waals surface area contributed by atoms with Crippen LogP contribution in [-0.2, 0) is 28.6 Å². The molecular formula is C57H110O6. The van der Waals surface area contributed by atoms with Gasteiger partial charge in [-0.25, -0.2) is 0 Å². The van der Waals surface area contributed by atoms with Crippen LogP contribution >= 0.6 is 0 Å². The van der Waals surface area contributed by atoms with Gasteiger partial charge in [0.25, 0.3) is 0 Å². The summed E-state index contributed by atoms with van der Waals surface area (Å²) in [6.07, 6.45) is 58.1. The fourth-order valence-corrected chi connectivity index (χ4v) is 8.80. The van der Waals surface area contributed by atoms with Gasteiger partial charge in [0, 0.05) is 19.3 Å². The van der Waals surface area contributed by atoms with Gasteiger partial charge in [-0.15, -0.1) is 0 Å². The summed E-state index contributed by atoms with van der Waals surface area (Å²) in [5.74, 6) is -0.834. The molecule has 0 N–H and O–H groups in total. The number of esters is 3. The summed E-state index contributed by atoms with van der Waals surface area (Å²) in [4.78, 5) is 38.1. The quantitative estimate of drug-likeness (QED) is 0.0344. The third-order valence-electron chi connectivity index (χ3n) is 13.1. The van der Waals surface area contributed by atoms with Crippen LogP contribution in [0.1, 0.15) is 329 Å². The average Bonchev–Trinajstić information content (AvgIpc) is 3.28. The van der Waals surface area contributed by atoms with Crippen molar-refractivity contribution in [2.75, 3.05) is 13.2 Å². The van der Waals surface area contributed by atoms with Crippen molar-refractivity contribution in [2.24, 2.45) is 0 Å². The van der Waals surface area contributed by atoms with E-state index in [0.717, 1.165) is 57.8 Å². The molecular weight excluding hydrogens is 781 g/mol. The Morgan fingerprint density at radius 3 is 0.635 bits per heavy atom. The molecule has 63 heavy (non-hydrogen) atoms. The number of carbonyl (C=O) groups excluding carboxylic acids is 3. The van der Waals surface area contributed by atoms with Gasteiger partial charge in [-0.2, -0.15) is 0 Å². The molecule has 0 aromatic heterocycles. The molecule has 0 aliphatic heterocycles. The highest BCUT2D eigenvalue weighted by molar-refractivity contribution is 5.71. The lowest BCUT2D eigenvalue weighted by Gasteiger charge is -2.18. The zero-order chi connectivity index (χ0) is 45.8. The van der Waals surface area contributed by atoms with E-state index in [1.165, 1.54) is 231 Å². The van der Waals surface area contributed by atoms with Gasteiger partial charge in [-0.1, -0.05) is 290 Å². The molecule has 6 nitrogen and oxygen atoms in total. The van der Waals surface area contributed by atoms with E-state index >= 15 is 0 Å². The van der Waals surface area contributed by atoms with Gasteiger partial charge in [-0.3, -0.25) is 14.4 Å². The summed E-state index contributed by atoms with van der Waals surface area (Å²) in [7, 11) is 0. The first-order chi connectivity index (χ1) is 31.0. The Kier molecular flexibility index (Phi) is 51.7. The van der Waals surface area contributed by atoms with Crippen LogP contribution in [0.25, 0.3) is 0 Å². The van der Waals surface area contributed by atoms with Crippen LogP contribution in [-0.4, -0.2) is 37.2 Å². The third kappa shape index (κ3) is 51.3. The molecule has 0 heterocycles. The maximum Gasteiger partial charge on any atom is 0.306 e. The van der Waals surface area contributed by atoms with Gasteiger partial charge in [0.1, 0.15) is 13.2 Å². The first-order valence-corrected chi connectivity index (χ1v) is 28.5. The number of hydrogen-bond donors (Lipinski definition) is 0. The minimum atomic E-state index is -0.760. The highest BCUT2D eigenvalue weighted by Gasteiger charge is 2.19. The molecule has 0 aromatic rings. The smallest absolute Gasteiger partial charge is 0.306 e. The molecule has 0 amide bonds. The molecule has 0 fully saturated rings. The van der Waals surface area contributed by atoms with Gasteiger partial charge in [0.2, 0.25) is 0 Å². The Hall–Kier alpha value is -1.59. The average molecular weight is 892 g/mol. The zero-order valence-corrected chi connectivity index (χ0v) is 42.9. The van der Waals surface area contributed by atoms with Gasteiger partial charge in [-0.05, 0) is 19.3 Å². The van der Waals surface area contributed by atoms with E-state index in [0.29, 0.717) is 19.3 Å². The molecule has 1 atom stereocenters. The Balaban J connectivity index is 4.25. The number of rotatable bonds is 53. The van der Waals surface area contributed by atoms with Crippen LogP contribution in [0.15, 0.2) is 0 Å². The molecule has 0 radical (unpaired) electrons. The van der Waals surface area contributed by atoms with Crippen LogP contribution in [0.5, 0.6) is 0 Å². The van der Waals surface area contributed by atoms with Crippen molar-refractivity contribution in [3.05, 3.63) is 0 Å².